The normalized spacial score (nSPS) is 11.8. The van der Waals surface area contributed by atoms with Crippen LogP contribution in [-0.4, -0.2) is 4.57 Å². The zero-order valence-electron chi connectivity index (χ0n) is 18.7. The molecule has 3 aromatic heterocycles. The van der Waals surface area contributed by atoms with Gasteiger partial charge in [0.25, 0.3) is 11.4 Å². The molecule has 0 aliphatic carbocycles. The quantitative estimate of drug-likeness (QED) is 0.173. The van der Waals surface area contributed by atoms with Crippen molar-refractivity contribution in [3.05, 3.63) is 106 Å². The van der Waals surface area contributed by atoms with E-state index in [1.165, 1.54) is 12.2 Å². The molecule has 7 nitrogen and oxygen atoms in total. The first-order valence-electron chi connectivity index (χ1n) is 10.6. The van der Waals surface area contributed by atoms with Crippen LogP contribution in [0.2, 0.25) is 0 Å². The van der Waals surface area contributed by atoms with Gasteiger partial charge in [-0.3, -0.25) is 0 Å². The van der Waals surface area contributed by atoms with E-state index in [9.17, 15) is 0 Å². The Labute approximate surface area is 202 Å². The number of allylic oxidation sites excluding steroid dienone is 4. The minimum Gasteiger partial charge on any atom is -0.457 e. The number of nitrogens with zero attached hydrogens (tertiary/aromatic N) is 5. The standard InChI is InChI=1S/C28H17N5O2/c1-4-33-25-15-20(27-12-10-23(34-27)7-5-6-21(17-29)31-2)9-8-19(25)14-26(33)28-13-11-24(35-28)16-22(18-30)32-3/h5-16H,4H2,1H3/b7-5+,21-6-,22-16+. The molecule has 0 saturated heterocycles. The molecule has 0 aliphatic rings. The number of furan rings is 2. The molecule has 0 radical (unpaired) electrons. The highest BCUT2D eigenvalue weighted by molar-refractivity contribution is 5.89. The Morgan fingerprint density at radius 2 is 1.66 bits per heavy atom. The maximum absolute atomic E-state index is 8.98. The van der Waals surface area contributed by atoms with Crippen LogP contribution in [0.5, 0.6) is 0 Å². The fraction of sp³-hybridized carbons (Fsp3) is 0.0714. The van der Waals surface area contributed by atoms with Crippen LogP contribution in [0.25, 0.3) is 55.5 Å². The van der Waals surface area contributed by atoms with Crippen molar-refractivity contribution in [3.63, 3.8) is 0 Å². The molecule has 1 aromatic carbocycles. The largest absolute Gasteiger partial charge is 0.457 e. The zero-order valence-corrected chi connectivity index (χ0v) is 18.7. The van der Waals surface area contributed by atoms with Crippen LogP contribution in [0.3, 0.4) is 0 Å². The highest BCUT2D eigenvalue weighted by Crippen LogP contribution is 2.33. The summed E-state index contributed by atoms with van der Waals surface area (Å²) in [5.41, 5.74) is 2.78. The van der Waals surface area contributed by atoms with Crippen molar-refractivity contribution in [3.8, 4) is 34.9 Å². The second-order valence-corrected chi connectivity index (χ2v) is 7.34. The van der Waals surface area contributed by atoms with E-state index in [-0.39, 0.29) is 11.4 Å². The molecule has 7 heteroatoms. The van der Waals surface area contributed by atoms with Gasteiger partial charge >= 0.3 is 0 Å². The number of hydrogen-bond donors (Lipinski definition) is 0. The predicted molar refractivity (Wildman–Crippen MR) is 133 cm³/mol. The fourth-order valence-electron chi connectivity index (χ4n) is 3.68. The third-order valence-corrected chi connectivity index (χ3v) is 5.27. The number of benzene rings is 1. The summed E-state index contributed by atoms with van der Waals surface area (Å²) in [4.78, 5) is 6.28. The molecule has 0 spiro atoms. The number of aryl methyl sites for hydroxylation is 1. The van der Waals surface area contributed by atoms with Crippen molar-refractivity contribution in [1.29, 1.82) is 10.5 Å². The maximum Gasteiger partial charge on any atom is 0.265 e. The SMILES string of the molecule is [C-]#[N+]/C(C#N)=C\C=C\c1ccc(-c2ccc3cc(-c4ccc(/C=C(\C#N)[N+]#[C-])o4)n(CC)c3c2)o1. The minimum absolute atomic E-state index is 0.00575. The molecule has 4 rings (SSSR count). The fourth-order valence-corrected chi connectivity index (χ4v) is 3.68. The number of rotatable bonds is 6. The van der Waals surface area contributed by atoms with E-state index in [0.717, 1.165) is 22.2 Å². The van der Waals surface area contributed by atoms with Crippen LogP contribution >= 0.6 is 0 Å². The minimum atomic E-state index is -0.0350. The van der Waals surface area contributed by atoms with Crippen molar-refractivity contribution in [2.75, 3.05) is 0 Å². The molecule has 35 heavy (non-hydrogen) atoms. The summed E-state index contributed by atoms with van der Waals surface area (Å²) in [5, 5.41) is 18.8. The van der Waals surface area contributed by atoms with Gasteiger partial charge in [0, 0.05) is 23.0 Å². The van der Waals surface area contributed by atoms with Gasteiger partial charge in [-0.1, -0.05) is 18.2 Å². The Hall–Kier alpha value is -5.50. The summed E-state index contributed by atoms with van der Waals surface area (Å²) in [6, 6.07) is 19.0. The first-order valence-corrected chi connectivity index (χ1v) is 10.6. The smallest absolute Gasteiger partial charge is 0.265 e. The molecule has 0 unspecified atom stereocenters. The van der Waals surface area contributed by atoms with Gasteiger partial charge < -0.3 is 13.4 Å². The van der Waals surface area contributed by atoms with E-state index in [1.54, 1.807) is 18.2 Å². The highest BCUT2D eigenvalue weighted by Gasteiger charge is 2.15. The third kappa shape index (κ3) is 4.67. The Morgan fingerprint density at radius 1 is 0.943 bits per heavy atom. The first-order chi connectivity index (χ1) is 17.1. The van der Waals surface area contributed by atoms with E-state index in [0.29, 0.717) is 29.6 Å². The molecule has 0 fully saturated rings. The topological polar surface area (TPSA) is 87.5 Å². The van der Waals surface area contributed by atoms with E-state index in [4.69, 9.17) is 32.5 Å². The lowest BCUT2D eigenvalue weighted by atomic mass is 10.1. The zero-order chi connectivity index (χ0) is 24.8. The van der Waals surface area contributed by atoms with Crippen LogP contribution in [0.15, 0.2) is 80.9 Å². The van der Waals surface area contributed by atoms with Crippen LogP contribution in [0.4, 0.5) is 0 Å². The van der Waals surface area contributed by atoms with Crippen molar-refractivity contribution in [1.82, 2.24) is 4.57 Å². The van der Waals surface area contributed by atoms with Gasteiger partial charge in [0.05, 0.1) is 31.0 Å². The molecule has 0 atom stereocenters. The van der Waals surface area contributed by atoms with Crippen molar-refractivity contribution in [2.45, 2.75) is 13.5 Å². The summed E-state index contributed by atoms with van der Waals surface area (Å²) >= 11 is 0. The highest BCUT2D eigenvalue weighted by atomic mass is 16.3. The van der Waals surface area contributed by atoms with Crippen LogP contribution in [0.1, 0.15) is 18.4 Å². The van der Waals surface area contributed by atoms with Gasteiger partial charge in [-0.15, -0.1) is 0 Å². The van der Waals surface area contributed by atoms with Crippen molar-refractivity contribution >= 4 is 23.1 Å². The van der Waals surface area contributed by atoms with E-state index in [2.05, 4.69) is 20.3 Å². The van der Waals surface area contributed by atoms with Gasteiger partial charge in [-0.2, -0.15) is 0 Å². The number of aromatic nitrogens is 1. The molecule has 4 aromatic rings. The number of nitriles is 2. The molecule has 166 valence electrons. The van der Waals surface area contributed by atoms with Gasteiger partial charge in [0.1, 0.15) is 17.3 Å². The van der Waals surface area contributed by atoms with Crippen molar-refractivity contribution in [2.24, 2.45) is 0 Å². The molecule has 3 heterocycles. The summed E-state index contributed by atoms with van der Waals surface area (Å²) in [5.74, 6) is 2.40. The summed E-state index contributed by atoms with van der Waals surface area (Å²) < 4.78 is 14.0. The van der Waals surface area contributed by atoms with Crippen LogP contribution in [0, 0.1) is 35.8 Å². The van der Waals surface area contributed by atoms with Crippen molar-refractivity contribution < 1.29 is 8.83 Å². The third-order valence-electron chi connectivity index (χ3n) is 5.27. The van der Waals surface area contributed by atoms with E-state index in [1.807, 2.05) is 55.5 Å². The predicted octanol–water partition coefficient (Wildman–Crippen LogP) is 7.30. The van der Waals surface area contributed by atoms with Crippen LogP contribution < -0.4 is 0 Å². The van der Waals surface area contributed by atoms with Gasteiger partial charge in [0.2, 0.25) is 0 Å². The molecular formula is C28H17N5O2. The second-order valence-electron chi connectivity index (χ2n) is 7.34. The monoisotopic (exact) mass is 455 g/mol. The Kier molecular flexibility index (Phi) is 6.46. The summed E-state index contributed by atoms with van der Waals surface area (Å²) in [6.07, 6.45) is 6.18. The Bertz CT molecular complexity index is 1650. The molecule has 0 saturated carbocycles. The first kappa shape index (κ1) is 22.7. The average Bonchev–Trinajstić information content (AvgIpc) is 3.63. The van der Waals surface area contributed by atoms with Gasteiger partial charge in [-0.05, 0) is 61.5 Å². The van der Waals surface area contributed by atoms with E-state index >= 15 is 0 Å². The molecular weight excluding hydrogens is 438 g/mol. The lowest BCUT2D eigenvalue weighted by molar-refractivity contribution is 0.564. The number of hydrogen-bond acceptors (Lipinski definition) is 4. The van der Waals surface area contributed by atoms with Gasteiger partial charge in [0.15, 0.2) is 5.76 Å². The maximum atomic E-state index is 8.98. The van der Waals surface area contributed by atoms with Gasteiger partial charge in [-0.25, -0.2) is 20.2 Å². The molecule has 0 amide bonds. The summed E-state index contributed by atoms with van der Waals surface area (Å²) in [7, 11) is 0. The molecule has 0 aliphatic heterocycles. The summed E-state index contributed by atoms with van der Waals surface area (Å²) in [6.45, 7) is 16.7. The average molecular weight is 455 g/mol. The second kappa shape index (κ2) is 9.97. The van der Waals surface area contributed by atoms with E-state index < -0.39 is 0 Å². The number of fused-ring (bicyclic) bond motifs is 1. The Morgan fingerprint density at radius 3 is 2.37 bits per heavy atom. The van der Waals surface area contributed by atoms with Crippen LogP contribution in [-0.2, 0) is 6.54 Å². The molecule has 0 bridgehead atoms. The Balaban J connectivity index is 1.67. The lowest BCUT2D eigenvalue weighted by Crippen LogP contribution is -1.95. The lowest BCUT2D eigenvalue weighted by Gasteiger charge is -2.06. The molecule has 0 N–H and O–H groups in total.